The van der Waals surface area contributed by atoms with E-state index in [0.717, 1.165) is 12.8 Å². The Morgan fingerprint density at radius 2 is 2.50 bits per heavy atom. The number of rotatable bonds is 4. The summed E-state index contributed by atoms with van der Waals surface area (Å²) in [5, 5.41) is 6.64. The van der Waals surface area contributed by atoms with E-state index in [4.69, 9.17) is 4.74 Å². The van der Waals surface area contributed by atoms with Crippen molar-refractivity contribution in [3.05, 3.63) is 12.4 Å². The standard InChI is InChI=1S/C11H15N3O4/c1-17-10(15)7-14-6-8(5-12-14)13-11(16)9-3-2-4-18-9/h5-6,9H,2-4,7H2,1H3,(H,13,16). The van der Waals surface area contributed by atoms with E-state index in [0.29, 0.717) is 12.3 Å². The number of amides is 1. The Morgan fingerprint density at radius 3 is 3.17 bits per heavy atom. The summed E-state index contributed by atoms with van der Waals surface area (Å²) in [5.74, 6) is -0.569. The third-order valence-electron chi connectivity index (χ3n) is 2.64. The van der Waals surface area contributed by atoms with Gasteiger partial charge in [-0.1, -0.05) is 0 Å². The molecule has 98 valence electrons. The summed E-state index contributed by atoms with van der Waals surface area (Å²) in [6.07, 6.45) is 4.32. The van der Waals surface area contributed by atoms with E-state index in [1.54, 1.807) is 6.20 Å². The lowest BCUT2D eigenvalue weighted by Crippen LogP contribution is -2.26. The minimum atomic E-state index is -0.393. The Hall–Kier alpha value is -1.89. The van der Waals surface area contributed by atoms with Gasteiger partial charge in [0.1, 0.15) is 12.6 Å². The molecule has 18 heavy (non-hydrogen) atoms. The van der Waals surface area contributed by atoms with Gasteiger partial charge in [0.15, 0.2) is 0 Å². The van der Waals surface area contributed by atoms with Gasteiger partial charge >= 0.3 is 5.97 Å². The molecule has 0 bridgehead atoms. The Kier molecular flexibility index (Phi) is 3.93. The van der Waals surface area contributed by atoms with E-state index in [1.165, 1.54) is 18.0 Å². The first kappa shape index (κ1) is 12.6. The zero-order chi connectivity index (χ0) is 13.0. The second-order valence-corrected chi connectivity index (χ2v) is 3.99. The predicted molar refractivity (Wildman–Crippen MR) is 61.8 cm³/mol. The number of nitrogens with zero attached hydrogens (tertiary/aromatic N) is 2. The van der Waals surface area contributed by atoms with Crippen LogP contribution in [0.2, 0.25) is 0 Å². The Morgan fingerprint density at radius 1 is 1.67 bits per heavy atom. The van der Waals surface area contributed by atoms with E-state index in [2.05, 4.69) is 15.2 Å². The molecule has 1 unspecified atom stereocenters. The van der Waals surface area contributed by atoms with Crippen LogP contribution in [-0.4, -0.2) is 41.5 Å². The lowest BCUT2D eigenvalue weighted by molar-refractivity contribution is -0.141. The molecule has 1 atom stereocenters. The van der Waals surface area contributed by atoms with Crippen LogP contribution in [0.1, 0.15) is 12.8 Å². The van der Waals surface area contributed by atoms with Crippen LogP contribution in [0, 0.1) is 0 Å². The molecule has 0 aromatic carbocycles. The first-order chi connectivity index (χ1) is 8.69. The maximum Gasteiger partial charge on any atom is 0.327 e. The molecule has 1 aliphatic rings. The fraction of sp³-hybridized carbons (Fsp3) is 0.545. The summed E-state index contributed by atoms with van der Waals surface area (Å²) in [5.41, 5.74) is 0.541. The molecule has 7 nitrogen and oxygen atoms in total. The van der Waals surface area contributed by atoms with Crippen LogP contribution >= 0.6 is 0 Å². The van der Waals surface area contributed by atoms with Crippen LogP contribution in [0.4, 0.5) is 5.69 Å². The molecule has 0 spiro atoms. The van der Waals surface area contributed by atoms with Crippen LogP contribution in [0.25, 0.3) is 0 Å². The molecule has 1 fully saturated rings. The maximum atomic E-state index is 11.7. The fourth-order valence-electron chi connectivity index (χ4n) is 1.72. The van der Waals surface area contributed by atoms with Crippen LogP contribution in [0.15, 0.2) is 12.4 Å². The first-order valence-electron chi connectivity index (χ1n) is 5.71. The van der Waals surface area contributed by atoms with Gasteiger partial charge in [-0.3, -0.25) is 14.3 Å². The van der Waals surface area contributed by atoms with Gasteiger partial charge in [0.05, 0.1) is 19.0 Å². The molecule has 0 radical (unpaired) electrons. The molecule has 1 saturated heterocycles. The van der Waals surface area contributed by atoms with Crippen LogP contribution in [0.5, 0.6) is 0 Å². The average Bonchev–Trinajstić information content (AvgIpc) is 3.00. The quantitative estimate of drug-likeness (QED) is 0.774. The van der Waals surface area contributed by atoms with Gasteiger partial charge in [-0.25, -0.2) is 0 Å². The monoisotopic (exact) mass is 253 g/mol. The van der Waals surface area contributed by atoms with Crippen molar-refractivity contribution in [2.75, 3.05) is 19.0 Å². The lowest BCUT2D eigenvalue weighted by Gasteiger charge is -2.08. The van der Waals surface area contributed by atoms with Crippen molar-refractivity contribution in [3.8, 4) is 0 Å². The Labute approximate surface area is 104 Å². The molecule has 7 heteroatoms. The highest BCUT2D eigenvalue weighted by Gasteiger charge is 2.23. The summed E-state index contributed by atoms with van der Waals surface area (Å²) in [7, 11) is 1.31. The van der Waals surface area contributed by atoms with Crippen molar-refractivity contribution in [2.24, 2.45) is 0 Å². The number of nitrogens with one attached hydrogen (secondary N) is 1. The number of hydrogen-bond acceptors (Lipinski definition) is 5. The zero-order valence-electron chi connectivity index (χ0n) is 10.1. The summed E-state index contributed by atoms with van der Waals surface area (Å²) in [6, 6.07) is 0. The van der Waals surface area contributed by atoms with Crippen LogP contribution < -0.4 is 5.32 Å². The molecule has 0 aliphatic carbocycles. The van der Waals surface area contributed by atoms with Crippen LogP contribution in [-0.2, 0) is 25.6 Å². The molecule has 1 amide bonds. The average molecular weight is 253 g/mol. The van der Waals surface area contributed by atoms with E-state index >= 15 is 0 Å². The minimum absolute atomic E-state index is 0.0201. The molecule has 1 aromatic heterocycles. The molecule has 1 aliphatic heterocycles. The number of carbonyl (C=O) groups is 2. The van der Waals surface area contributed by atoms with Gasteiger partial charge in [-0.2, -0.15) is 5.10 Å². The minimum Gasteiger partial charge on any atom is -0.468 e. The van der Waals surface area contributed by atoms with Gasteiger partial charge in [0.2, 0.25) is 0 Å². The van der Waals surface area contributed by atoms with Gasteiger partial charge < -0.3 is 14.8 Å². The number of hydrogen-bond donors (Lipinski definition) is 1. The zero-order valence-corrected chi connectivity index (χ0v) is 10.1. The number of methoxy groups -OCH3 is 1. The van der Waals surface area contributed by atoms with Crippen molar-refractivity contribution in [2.45, 2.75) is 25.5 Å². The summed E-state index contributed by atoms with van der Waals surface area (Å²) in [6.45, 7) is 0.645. The summed E-state index contributed by atoms with van der Waals surface area (Å²) in [4.78, 5) is 22.8. The van der Waals surface area contributed by atoms with Crippen LogP contribution in [0.3, 0.4) is 0 Å². The molecule has 2 heterocycles. The molecule has 1 N–H and O–H groups in total. The van der Waals surface area contributed by atoms with Gasteiger partial charge in [0, 0.05) is 12.8 Å². The molecular formula is C11H15N3O4. The highest BCUT2D eigenvalue weighted by Crippen LogP contribution is 2.14. The maximum absolute atomic E-state index is 11.7. The number of aromatic nitrogens is 2. The number of esters is 1. The third-order valence-corrected chi connectivity index (χ3v) is 2.64. The topological polar surface area (TPSA) is 82.5 Å². The number of carbonyl (C=O) groups excluding carboxylic acids is 2. The molecular weight excluding hydrogens is 238 g/mol. The molecule has 0 saturated carbocycles. The Balaban J connectivity index is 1.89. The fourth-order valence-corrected chi connectivity index (χ4v) is 1.72. The highest BCUT2D eigenvalue weighted by atomic mass is 16.5. The predicted octanol–water partition coefficient (Wildman–Crippen LogP) is 0.174. The van der Waals surface area contributed by atoms with Crippen molar-refractivity contribution >= 4 is 17.6 Å². The molecule has 1 aromatic rings. The van der Waals surface area contributed by atoms with E-state index in [-0.39, 0.29) is 18.6 Å². The van der Waals surface area contributed by atoms with Crippen molar-refractivity contribution in [1.82, 2.24) is 9.78 Å². The highest BCUT2D eigenvalue weighted by molar-refractivity contribution is 5.94. The summed E-state index contributed by atoms with van der Waals surface area (Å²) >= 11 is 0. The first-order valence-corrected chi connectivity index (χ1v) is 5.71. The largest absolute Gasteiger partial charge is 0.468 e. The lowest BCUT2D eigenvalue weighted by atomic mass is 10.2. The SMILES string of the molecule is COC(=O)Cn1cc(NC(=O)C2CCCO2)cn1. The van der Waals surface area contributed by atoms with Crippen molar-refractivity contribution in [3.63, 3.8) is 0 Å². The normalized spacial score (nSPS) is 18.6. The smallest absolute Gasteiger partial charge is 0.327 e. The van der Waals surface area contributed by atoms with Gasteiger partial charge in [0.25, 0.3) is 5.91 Å². The number of anilines is 1. The van der Waals surface area contributed by atoms with E-state index < -0.39 is 5.97 Å². The van der Waals surface area contributed by atoms with Gasteiger partial charge in [-0.05, 0) is 12.8 Å². The second kappa shape index (κ2) is 5.63. The van der Waals surface area contributed by atoms with Crippen molar-refractivity contribution in [1.29, 1.82) is 0 Å². The summed E-state index contributed by atoms with van der Waals surface area (Å²) < 4.78 is 11.2. The number of ether oxygens (including phenoxy) is 2. The Bertz CT molecular complexity index is 437. The molecule has 2 rings (SSSR count). The third kappa shape index (κ3) is 3.07. The van der Waals surface area contributed by atoms with Crippen molar-refractivity contribution < 1.29 is 19.1 Å². The second-order valence-electron chi connectivity index (χ2n) is 3.99. The van der Waals surface area contributed by atoms with E-state index in [9.17, 15) is 9.59 Å². The van der Waals surface area contributed by atoms with E-state index in [1.807, 2.05) is 0 Å². The van der Waals surface area contributed by atoms with Gasteiger partial charge in [-0.15, -0.1) is 0 Å².